The first-order valence-electron chi connectivity index (χ1n) is 10.5. The maximum absolute atomic E-state index is 13.2. The summed E-state index contributed by atoms with van der Waals surface area (Å²) in [5.41, 5.74) is 4.48. The van der Waals surface area contributed by atoms with E-state index in [4.69, 9.17) is 0 Å². The summed E-state index contributed by atoms with van der Waals surface area (Å²) < 4.78 is 0. The Kier molecular flexibility index (Phi) is 6.35. The lowest BCUT2D eigenvalue weighted by Gasteiger charge is -2.29. The Morgan fingerprint density at radius 2 is 1.63 bits per heavy atom. The number of benzene rings is 1. The van der Waals surface area contributed by atoms with E-state index in [0.29, 0.717) is 17.8 Å². The average molecular weight is 369 g/mol. The van der Waals surface area contributed by atoms with Gasteiger partial charge >= 0.3 is 0 Å². The van der Waals surface area contributed by atoms with Crippen LogP contribution in [-0.4, -0.2) is 41.2 Å². The Morgan fingerprint density at radius 3 is 2.30 bits per heavy atom. The predicted octanol–water partition coefficient (Wildman–Crippen LogP) is 4.45. The van der Waals surface area contributed by atoms with Gasteiger partial charge in [-0.05, 0) is 56.2 Å². The molecule has 0 aliphatic carbocycles. The highest BCUT2D eigenvalue weighted by Crippen LogP contribution is 2.34. The van der Waals surface area contributed by atoms with Crippen LogP contribution in [-0.2, 0) is 9.59 Å². The lowest BCUT2D eigenvalue weighted by atomic mass is 9.98. The highest BCUT2D eigenvalue weighted by molar-refractivity contribution is 6.35. The molecule has 0 bridgehead atoms. The molecule has 2 aliphatic heterocycles. The Hall–Kier alpha value is -2.10. The number of piperidine rings is 1. The highest BCUT2D eigenvalue weighted by atomic mass is 16.2. The first-order valence-corrected chi connectivity index (χ1v) is 10.5. The number of imide groups is 1. The van der Waals surface area contributed by atoms with Crippen molar-refractivity contribution in [2.24, 2.45) is 0 Å². The van der Waals surface area contributed by atoms with Crippen LogP contribution in [0.3, 0.4) is 0 Å². The molecule has 4 heteroatoms. The molecule has 27 heavy (non-hydrogen) atoms. The number of amides is 2. The molecule has 0 atom stereocenters. The molecule has 1 aromatic rings. The smallest absolute Gasteiger partial charge is 0.277 e. The lowest BCUT2D eigenvalue weighted by molar-refractivity contribution is -0.137. The van der Waals surface area contributed by atoms with E-state index < -0.39 is 0 Å². The standard InChI is InChI=1S/C23H32N2O2/c1-4-5-6-10-15-25-22(26)20(19-12-11-17(2)18(3)16-19)21(23(25)27)24-13-8-7-9-14-24/h11-12,16H,4-10,13-15H2,1-3H3. The van der Waals surface area contributed by atoms with Crippen LogP contribution in [0, 0.1) is 13.8 Å². The summed E-state index contributed by atoms with van der Waals surface area (Å²) in [5, 5.41) is 0. The van der Waals surface area contributed by atoms with Gasteiger partial charge in [0.15, 0.2) is 0 Å². The Labute approximate surface area is 163 Å². The number of hydrogen-bond acceptors (Lipinski definition) is 3. The van der Waals surface area contributed by atoms with E-state index >= 15 is 0 Å². The molecule has 1 saturated heterocycles. The van der Waals surface area contributed by atoms with Crippen LogP contribution in [0.4, 0.5) is 0 Å². The summed E-state index contributed by atoms with van der Waals surface area (Å²) in [4.78, 5) is 30.1. The number of likely N-dealkylation sites (tertiary alicyclic amines) is 1. The monoisotopic (exact) mass is 368 g/mol. The van der Waals surface area contributed by atoms with Crippen LogP contribution in [0.25, 0.3) is 5.57 Å². The number of carbonyl (C=O) groups is 2. The molecule has 0 aromatic heterocycles. The van der Waals surface area contributed by atoms with Gasteiger partial charge in [0.25, 0.3) is 11.8 Å². The molecule has 0 unspecified atom stereocenters. The maximum Gasteiger partial charge on any atom is 0.277 e. The minimum Gasteiger partial charge on any atom is -0.366 e. The largest absolute Gasteiger partial charge is 0.366 e. The molecule has 1 aromatic carbocycles. The van der Waals surface area contributed by atoms with Gasteiger partial charge in [0.05, 0.1) is 5.57 Å². The number of carbonyl (C=O) groups excluding carboxylic acids is 2. The van der Waals surface area contributed by atoms with Crippen LogP contribution in [0.2, 0.25) is 0 Å². The zero-order chi connectivity index (χ0) is 19.4. The molecule has 4 nitrogen and oxygen atoms in total. The van der Waals surface area contributed by atoms with Gasteiger partial charge < -0.3 is 4.90 Å². The van der Waals surface area contributed by atoms with Crippen molar-refractivity contribution >= 4 is 17.4 Å². The molecule has 0 spiro atoms. The molecular weight excluding hydrogens is 336 g/mol. The van der Waals surface area contributed by atoms with Crippen molar-refractivity contribution in [1.29, 1.82) is 0 Å². The number of nitrogens with zero attached hydrogens (tertiary/aromatic N) is 2. The molecule has 0 N–H and O–H groups in total. The van der Waals surface area contributed by atoms with Crippen LogP contribution in [0.1, 0.15) is 68.6 Å². The van der Waals surface area contributed by atoms with Crippen LogP contribution >= 0.6 is 0 Å². The fourth-order valence-corrected chi connectivity index (χ4v) is 4.03. The Bertz CT molecular complexity index is 745. The first-order chi connectivity index (χ1) is 13.0. The van der Waals surface area contributed by atoms with Gasteiger partial charge in [0, 0.05) is 19.6 Å². The third-order valence-electron chi connectivity index (χ3n) is 5.85. The van der Waals surface area contributed by atoms with E-state index in [1.165, 1.54) is 16.9 Å². The number of unbranched alkanes of at least 4 members (excludes halogenated alkanes) is 3. The summed E-state index contributed by atoms with van der Waals surface area (Å²) in [6, 6.07) is 6.10. The fourth-order valence-electron chi connectivity index (χ4n) is 4.03. The molecule has 2 aliphatic rings. The van der Waals surface area contributed by atoms with Gasteiger partial charge in [-0.15, -0.1) is 0 Å². The second kappa shape index (κ2) is 8.73. The third kappa shape index (κ3) is 4.10. The highest BCUT2D eigenvalue weighted by Gasteiger charge is 2.41. The molecule has 3 rings (SSSR count). The van der Waals surface area contributed by atoms with E-state index in [1.54, 1.807) is 0 Å². The number of hydrogen-bond donors (Lipinski definition) is 0. The zero-order valence-electron chi connectivity index (χ0n) is 17.0. The van der Waals surface area contributed by atoms with E-state index in [9.17, 15) is 9.59 Å². The zero-order valence-corrected chi connectivity index (χ0v) is 17.0. The molecule has 2 amide bonds. The predicted molar refractivity (Wildman–Crippen MR) is 109 cm³/mol. The van der Waals surface area contributed by atoms with Gasteiger partial charge in [-0.3, -0.25) is 14.5 Å². The number of aryl methyl sites for hydroxylation is 2. The van der Waals surface area contributed by atoms with Crippen molar-refractivity contribution < 1.29 is 9.59 Å². The van der Waals surface area contributed by atoms with Crippen LogP contribution in [0.15, 0.2) is 23.9 Å². The Balaban J connectivity index is 1.94. The second-order valence-electron chi connectivity index (χ2n) is 7.89. The van der Waals surface area contributed by atoms with E-state index in [1.807, 2.05) is 12.1 Å². The summed E-state index contributed by atoms with van der Waals surface area (Å²) >= 11 is 0. The summed E-state index contributed by atoms with van der Waals surface area (Å²) in [7, 11) is 0. The quantitative estimate of drug-likeness (QED) is 0.527. The molecule has 1 fully saturated rings. The SMILES string of the molecule is CCCCCCN1C(=O)C(c2ccc(C)c(C)c2)=C(N2CCCCC2)C1=O. The minimum atomic E-state index is -0.111. The van der Waals surface area contributed by atoms with Gasteiger partial charge in [0.2, 0.25) is 0 Å². The molecule has 2 heterocycles. The van der Waals surface area contributed by atoms with Gasteiger partial charge in [-0.2, -0.15) is 0 Å². The third-order valence-corrected chi connectivity index (χ3v) is 5.85. The lowest BCUT2D eigenvalue weighted by Crippen LogP contribution is -2.37. The van der Waals surface area contributed by atoms with Crippen molar-refractivity contribution in [2.75, 3.05) is 19.6 Å². The van der Waals surface area contributed by atoms with Crippen molar-refractivity contribution in [2.45, 2.75) is 65.7 Å². The number of rotatable bonds is 7. The molecule has 146 valence electrons. The average Bonchev–Trinajstić information content (AvgIpc) is 2.92. The van der Waals surface area contributed by atoms with Gasteiger partial charge in [0.1, 0.15) is 5.70 Å². The summed E-state index contributed by atoms with van der Waals surface area (Å²) in [6.45, 7) is 8.56. The van der Waals surface area contributed by atoms with Gasteiger partial charge in [-0.25, -0.2) is 0 Å². The van der Waals surface area contributed by atoms with Crippen molar-refractivity contribution in [3.8, 4) is 0 Å². The Morgan fingerprint density at radius 1 is 0.889 bits per heavy atom. The molecule has 0 radical (unpaired) electrons. The molecular formula is C23H32N2O2. The first kappa shape index (κ1) is 19.7. The van der Waals surface area contributed by atoms with Crippen molar-refractivity contribution in [3.63, 3.8) is 0 Å². The van der Waals surface area contributed by atoms with Crippen LogP contribution in [0.5, 0.6) is 0 Å². The second-order valence-corrected chi connectivity index (χ2v) is 7.89. The van der Waals surface area contributed by atoms with E-state index in [-0.39, 0.29) is 11.8 Å². The van der Waals surface area contributed by atoms with E-state index in [0.717, 1.165) is 62.7 Å². The fraction of sp³-hybridized carbons (Fsp3) is 0.565. The molecule has 0 saturated carbocycles. The van der Waals surface area contributed by atoms with E-state index in [2.05, 4.69) is 31.7 Å². The van der Waals surface area contributed by atoms with Crippen LogP contribution < -0.4 is 0 Å². The minimum absolute atomic E-state index is 0.0911. The summed E-state index contributed by atoms with van der Waals surface area (Å²) in [5.74, 6) is -0.202. The van der Waals surface area contributed by atoms with Crippen molar-refractivity contribution in [1.82, 2.24) is 9.80 Å². The summed E-state index contributed by atoms with van der Waals surface area (Å²) in [6.07, 6.45) is 7.61. The normalized spacial score (nSPS) is 18.0. The maximum atomic E-state index is 13.2. The topological polar surface area (TPSA) is 40.6 Å². The van der Waals surface area contributed by atoms with Crippen molar-refractivity contribution in [3.05, 3.63) is 40.6 Å². The van der Waals surface area contributed by atoms with Gasteiger partial charge in [-0.1, -0.05) is 44.4 Å².